The first kappa shape index (κ1) is 12.9. The quantitative estimate of drug-likeness (QED) is 0.396. The molecule has 0 aliphatic heterocycles. The third-order valence-corrected chi connectivity index (χ3v) is 1.50. The number of aliphatic carboxylic acids is 1. The van der Waals surface area contributed by atoms with Gasteiger partial charge in [0, 0.05) is 6.61 Å². The first-order chi connectivity index (χ1) is 6.66. The molecule has 82 valence electrons. The molecule has 0 unspecified atom stereocenters. The van der Waals surface area contributed by atoms with Crippen molar-refractivity contribution in [3.05, 3.63) is 11.8 Å². The van der Waals surface area contributed by atoms with E-state index in [2.05, 4.69) is 5.32 Å². The minimum atomic E-state index is -0.863. The molecule has 0 bridgehead atoms. The van der Waals surface area contributed by atoms with Crippen molar-refractivity contribution in [1.29, 1.82) is 0 Å². The van der Waals surface area contributed by atoms with Gasteiger partial charge in [0.15, 0.2) is 0 Å². The zero-order valence-corrected chi connectivity index (χ0v) is 8.32. The van der Waals surface area contributed by atoms with Crippen molar-refractivity contribution in [3.8, 4) is 0 Å². The molecule has 0 amide bonds. The number of ether oxygens (including phenoxy) is 1. The fourth-order valence-corrected chi connectivity index (χ4v) is 0.755. The van der Waals surface area contributed by atoms with Crippen molar-refractivity contribution >= 4 is 5.97 Å². The number of rotatable bonds is 8. The second kappa shape index (κ2) is 8.52. The molecule has 0 aromatic heterocycles. The Hall–Kier alpha value is -1.07. The minimum absolute atomic E-state index is 0.0277. The summed E-state index contributed by atoms with van der Waals surface area (Å²) in [4.78, 5) is 10.1. The molecule has 0 radical (unpaired) electrons. The Kier molecular flexibility index (Phi) is 7.87. The number of aliphatic hydroxyl groups is 1. The van der Waals surface area contributed by atoms with Crippen molar-refractivity contribution in [2.24, 2.45) is 0 Å². The van der Waals surface area contributed by atoms with E-state index in [0.717, 1.165) is 6.42 Å². The second-order valence-corrected chi connectivity index (χ2v) is 2.76. The monoisotopic (exact) mass is 203 g/mol. The van der Waals surface area contributed by atoms with E-state index in [-0.39, 0.29) is 18.9 Å². The van der Waals surface area contributed by atoms with E-state index in [1.165, 1.54) is 0 Å². The van der Waals surface area contributed by atoms with Gasteiger partial charge in [0.05, 0.1) is 6.54 Å². The van der Waals surface area contributed by atoms with Crippen LogP contribution < -0.4 is 5.32 Å². The van der Waals surface area contributed by atoms with Gasteiger partial charge in [-0.05, 0) is 26.0 Å². The van der Waals surface area contributed by atoms with Crippen LogP contribution in [0.25, 0.3) is 0 Å². The fourth-order valence-electron chi connectivity index (χ4n) is 0.755. The summed E-state index contributed by atoms with van der Waals surface area (Å²) in [6.45, 7) is 3.02. The summed E-state index contributed by atoms with van der Waals surface area (Å²) in [6, 6.07) is 0. The summed E-state index contributed by atoms with van der Waals surface area (Å²) in [6.07, 6.45) is 2.30. The van der Waals surface area contributed by atoms with E-state index in [1.807, 2.05) is 0 Å². The van der Waals surface area contributed by atoms with Crippen LogP contribution in [0.15, 0.2) is 11.8 Å². The van der Waals surface area contributed by atoms with Crippen LogP contribution in [0, 0.1) is 0 Å². The van der Waals surface area contributed by atoms with E-state index >= 15 is 0 Å². The number of carboxylic acid groups (broad SMARTS) is 1. The molecular weight excluding hydrogens is 186 g/mol. The van der Waals surface area contributed by atoms with Crippen molar-refractivity contribution in [2.45, 2.75) is 13.3 Å². The lowest BCUT2D eigenvalue weighted by Crippen LogP contribution is -2.24. The molecule has 5 heteroatoms. The lowest BCUT2D eigenvalue weighted by molar-refractivity contribution is -0.135. The third kappa shape index (κ3) is 9.02. The standard InChI is InChI=1S/C9H17NO4/c1-2-8(11)7-14-5-3-4-10-6-9(12)13/h2,10-11H,3-7H2,1H3,(H,12,13). The number of allylic oxidation sites excluding steroid dienone is 1. The van der Waals surface area contributed by atoms with Crippen molar-refractivity contribution < 1.29 is 19.7 Å². The van der Waals surface area contributed by atoms with Crippen molar-refractivity contribution in [1.82, 2.24) is 5.32 Å². The maximum absolute atomic E-state index is 10.1. The number of aliphatic hydroxyl groups excluding tert-OH is 1. The summed E-state index contributed by atoms with van der Waals surface area (Å²) in [7, 11) is 0. The molecule has 0 saturated carbocycles. The van der Waals surface area contributed by atoms with Crippen molar-refractivity contribution in [3.63, 3.8) is 0 Å². The Morgan fingerprint density at radius 1 is 1.50 bits per heavy atom. The van der Waals surface area contributed by atoms with Crippen LogP contribution in [0.4, 0.5) is 0 Å². The van der Waals surface area contributed by atoms with Gasteiger partial charge in [0.1, 0.15) is 12.4 Å². The summed E-state index contributed by atoms with van der Waals surface area (Å²) in [5.74, 6) is -0.652. The van der Waals surface area contributed by atoms with Crippen LogP contribution in [-0.4, -0.2) is 42.5 Å². The largest absolute Gasteiger partial charge is 0.510 e. The average molecular weight is 203 g/mol. The van der Waals surface area contributed by atoms with Gasteiger partial charge in [-0.25, -0.2) is 0 Å². The predicted molar refractivity (Wildman–Crippen MR) is 52.3 cm³/mol. The van der Waals surface area contributed by atoms with E-state index in [4.69, 9.17) is 14.9 Å². The van der Waals surface area contributed by atoms with Gasteiger partial charge in [0.2, 0.25) is 0 Å². The highest BCUT2D eigenvalue weighted by Gasteiger charge is 1.95. The van der Waals surface area contributed by atoms with Crippen LogP contribution >= 0.6 is 0 Å². The molecule has 0 aromatic carbocycles. The molecule has 0 aromatic rings. The molecular formula is C9H17NO4. The molecule has 0 spiro atoms. The summed E-state index contributed by atoms with van der Waals surface area (Å²) in [5.41, 5.74) is 0. The maximum atomic E-state index is 10.1. The Balaban J connectivity index is 3.10. The van der Waals surface area contributed by atoms with Crippen LogP contribution in [0.2, 0.25) is 0 Å². The SMILES string of the molecule is CC=C(O)COCCCNCC(=O)O. The lowest BCUT2D eigenvalue weighted by Gasteiger charge is -2.03. The highest BCUT2D eigenvalue weighted by molar-refractivity contribution is 5.68. The molecule has 0 aliphatic rings. The van der Waals surface area contributed by atoms with Gasteiger partial charge >= 0.3 is 5.97 Å². The predicted octanol–water partition coefficient (Wildman–Crippen LogP) is 0.529. The number of nitrogens with one attached hydrogen (secondary N) is 1. The Morgan fingerprint density at radius 3 is 2.79 bits per heavy atom. The number of hydrogen-bond donors (Lipinski definition) is 3. The first-order valence-corrected chi connectivity index (χ1v) is 4.51. The highest BCUT2D eigenvalue weighted by atomic mass is 16.5. The van der Waals surface area contributed by atoms with Gasteiger partial charge in [-0.15, -0.1) is 0 Å². The summed E-state index contributed by atoms with van der Waals surface area (Å²) < 4.78 is 5.09. The first-order valence-electron chi connectivity index (χ1n) is 4.51. The fraction of sp³-hybridized carbons (Fsp3) is 0.667. The summed E-state index contributed by atoms with van der Waals surface area (Å²) in [5, 5.41) is 20.0. The van der Waals surface area contributed by atoms with Crippen LogP contribution in [0.3, 0.4) is 0 Å². The Labute approximate surface area is 83.4 Å². The molecule has 0 fully saturated rings. The topological polar surface area (TPSA) is 78.8 Å². The molecule has 0 rings (SSSR count). The van der Waals surface area contributed by atoms with E-state index in [9.17, 15) is 4.79 Å². The molecule has 0 atom stereocenters. The molecule has 0 saturated heterocycles. The zero-order chi connectivity index (χ0) is 10.8. The molecule has 0 aliphatic carbocycles. The van der Waals surface area contributed by atoms with E-state index in [1.54, 1.807) is 13.0 Å². The van der Waals surface area contributed by atoms with Crippen LogP contribution in [0.5, 0.6) is 0 Å². The van der Waals surface area contributed by atoms with Crippen molar-refractivity contribution in [2.75, 3.05) is 26.3 Å². The van der Waals surface area contributed by atoms with Gasteiger partial charge in [-0.2, -0.15) is 0 Å². The molecule has 0 heterocycles. The zero-order valence-electron chi connectivity index (χ0n) is 8.32. The van der Waals surface area contributed by atoms with Gasteiger partial charge in [-0.3, -0.25) is 4.79 Å². The molecule has 5 nitrogen and oxygen atoms in total. The summed E-state index contributed by atoms with van der Waals surface area (Å²) >= 11 is 0. The van der Waals surface area contributed by atoms with Crippen LogP contribution in [0.1, 0.15) is 13.3 Å². The maximum Gasteiger partial charge on any atom is 0.317 e. The number of carbonyl (C=O) groups is 1. The van der Waals surface area contributed by atoms with E-state index in [0.29, 0.717) is 13.2 Å². The van der Waals surface area contributed by atoms with Gasteiger partial charge in [-0.1, -0.05) is 0 Å². The van der Waals surface area contributed by atoms with Gasteiger partial charge < -0.3 is 20.3 Å². The number of carboxylic acids is 1. The average Bonchev–Trinajstić information content (AvgIpc) is 2.15. The lowest BCUT2D eigenvalue weighted by atomic mass is 10.4. The Morgan fingerprint density at radius 2 is 2.21 bits per heavy atom. The smallest absolute Gasteiger partial charge is 0.317 e. The highest BCUT2D eigenvalue weighted by Crippen LogP contribution is 1.89. The second-order valence-electron chi connectivity index (χ2n) is 2.76. The van der Waals surface area contributed by atoms with E-state index < -0.39 is 5.97 Å². The number of hydrogen-bond acceptors (Lipinski definition) is 4. The van der Waals surface area contributed by atoms with Crippen LogP contribution in [-0.2, 0) is 9.53 Å². The normalized spacial score (nSPS) is 11.6. The van der Waals surface area contributed by atoms with Gasteiger partial charge in [0.25, 0.3) is 0 Å². The third-order valence-electron chi connectivity index (χ3n) is 1.50. The Bertz CT molecular complexity index is 191. The molecule has 3 N–H and O–H groups in total. The minimum Gasteiger partial charge on any atom is -0.510 e. The molecule has 14 heavy (non-hydrogen) atoms.